The van der Waals surface area contributed by atoms with Crippen LogP contribution in [0.5, 0.6) is 0 Å². The maximum atomic E-state index is 13.4. The molecule has 1 unspecified atom stereocenters. The molecule has 2 heterocycles. The van der Waals surface area contributed by atoms with E-state index in [1.807, 2.05) is 0 Å². The molecule has 0 aliphatic carbocycles. The second-order valence-corrected chi connectivity index (χ2v) is 5.73. The van der Waals surface area contributed by atoms with Crippen molar-refractivity contribution in [2.75, 3.05) is 13.1 Å². The second-order valence-electron chi connectivity index (χ2n) is 4.88. The number of nitrogens with zero attached hydrogens (tertiary/aromatic N) is 1. The van der Waals surface area contributed by atoms with Crippen molar-refractivity contribution in [3.8, 4) is 0 Å². The van der Waals surface area contributed by atoms with Gasteiger partial charge in [-0.05, 0) is 35.0 Å². The van der Waals surface area contributed by atoms with Crippen LogP contribution in [0.2, 0.25) is 0 Å². The van der Waals surface area contributed by atoms with E-state index >= 15 is 0 Å². The van der Waals surface area contributed by atoms with Crippen molar-refractivity contribution in [1.29, 1.82) is 0 Å². The number of alkyl halides is 3. The quantitative estimate of drug-likeness (QED) is 0.774. The lowest BCUT2D eigenvalue weighted by atomic mass is 9.85. The van der Waals surface area contributed by atoms with Crippen LogP contribution < -0.4 is 5.32 Å². The minimum absolute atomic E-state index is 0.0834. The van der Waals surface area contributed by atoms with Crippen molar-refractivity contribution in [1.82, 2.24) is 15.3 Å². The van der Waals surface area contributed by atoms with Crippen molar-refractivity contribution < 1.29 is 17.6 Å². The van der Waals surface area contributed by atoms with Gasteiger partial charge in [-0.1, -0.05) is 0 Å². The summed E-state index contributed by atoms with van der Waals surface area (Å²) in [4.78, 5) is 6.64. The lowest BCUT2D eigenvalue weighted by Gasteiger charge is -2.28. The van der Waals surface area contributed by atoms with Gasteiger partial charge in [0.2, 0.25) is 0 Å². The first-order valence-electron chi connectivity index (χ1n) is 5.96. The maximum absolute atomic E-state index is 13.4. The minimum atomic E-state index is -4.42. The Labute approximate surface area is 119 Å². The number of benzene rings is 1. The summed E-state index contributed by atoms with van der Waals surface area (Å²) in [5.41, 5.74) is -1.46. The number of fused-ring (bicyclic) bond motifs is 1. The van der Waals surface area contributed by atoms with Crippen LogP contribution in [0.4, 0.5) is 17.6 Å². The van der Waals surface area contributed by atoms with Crippen LogP contribution in [0.1, 0.15) is 12.2 Å². The fourth-order valence-corrected chi connectivity index (χ4v) is 2.83. The molecular weight excluding hydrogens is 342 g/mol. The highest BCUT2D eigenvalue weighted by atomic mass is 79.9. The summed E-state index contributed by atoms with van der Waals surface area (Å²) in [5, 5.41) is 2.72. The van der Waals surface area contributed by atoms with E-state index in [0.29, 0.717) is 5.52 Å². The lowest BCUT2D eigenvalue weighted by molar-refractivity contribution is -0.186. The number of halogens is 5. The van der Waals surface area contributed by atoms with E-state index in [2.05, 4.69) is 31.2 Å². The molecule has 0 amide bonds. The maximum Gasteiger partial charge on any atom is 0.402 e. The fraction of sp³-hybridized carbons (Fsp3) is 0.417. The zero-order valence-corrected chi connectivity index (χ0v) is 11.7. The first-order valence-corrected chi connectivity index (χ1v) is 6.75. The molecule has 2 N–H and O–H groups in total. The van der Waals surface area contributed by atoms with Gasteiger partial charge in [-0.2, -0.15) is 13.2 Å². The number of H-pyrrole nitrogens is 1. The Bertz CT molecular complexity index is 620. The van der Waals surface area contributed by atoms with Crippen LogP contribution in [0.15, 0.2) is 16.6 Å². The number of imidazole rings is 1. The van der Waals surface area contributed by atoms with Crippen LogP contribution in [-0.2, 0) is 5.41 Å². The van der Waals surface area contributed by atoms with E-state index in [4.69, 9.17) is 0 Å². The van der Waals surface area contributed by atoms with Crippen LogP contribution in [-0.4, -0.2) is 29.2 Å². The number of nitrogens with one attached hydrogen (secondary N) is 2. The van der Waals surface area contributed by atoms with E-state index in [9.17, 15) is 17.6 Å². The molecule has 0 saturated carbocycles. The summed E-state index contributed by atoms with van der Waals surface area (Å²) < 4.78 is 53.8. The van der Waals surface area contributed by atoms with Gasteiger partial charge in [0.05, 0.1) is 15.5 Å². The molecule has 0 bridgehead atoms. The first-order chi connectivity index (χ1) is 9.33. The Kier molecular flexibility index (Phi) is 3.06. The average molecular weight is 352 g/mol. The van der Waals surface area contributed by atoms with Crippen molar-refractivity contribution in [3.05, 3.63) is 28.2 Å². The summed E-state index contributed by atoms with van der Waals surface area (Å²) in [5.74, 6) is -0.708. The highest BCUT2D eigenvalue weighted by Gasteiger charge is 2.59. The number of hydrogen-bond donors (Lipinski definition) is 2. The molecule has 2 aromatic rings. The van der Waals surface area contributed by atoms with E-state index in [-0.39, 0.29) is 35.3 Å². The molecule has 1 aliphatic rings. The van der Waals surface area contributed by atoms with Crippen LogP contribution >= 0.6 is 15.9 Å². The molecule has 0 spiro atoms. The molecule has 1 atom stereocenters. The highest BCUT2D eigenvalue weighted by Crippen LogP contribution is 2.44. The van der Waals surface area contributed by atoms with Gasteiger partial charge in [0.15, 0.2) is 0 Å². The van der Waals surface area contributed by atoms with Gasteiger partial charge in [-0.3, -0.25) is 0 Å². The Morgan fingerprint density at radius 1 is 1.30 bits per heavy atom. The Morgan fingerprint density at radius 3 is 2.65 bits per heavy atom. The highest BCUT2D eigenvalue weighted by molar-refractivity contribution is 9.10. The van der Waals surface area contributed by atoms with Crippen molar-refractivity contribution in [3.63, 3.8) is 0 Å². The van der Waals surface area contributed by atoms with Gasteiger partial charge in [0.25, 0.3) is 0 Å². The summed E-state index contributed by atoms with van der Waals surface area (Å²) in [6.07, 6.45) is -4.50. The van der Waals surface area contributed by atoms with Crippen LogP contribution in [0.25, 0.3) is 11.0 Å². The molecule has 3 nitrogen and oxygen atoms in total. The first kappa shape index (κ1) is 13.8. The monoisotopic (exact) mass is 351 g/mol. The normalized spacial score (nSPS) is 23.6. The molecule has 1 fully saturated rings. The third-order valence-electron chi connectivity index (χ3n) is 3.68. The molecule has 1 aromatic carbocycles. The average Bonchev–Trinajstić information content (AvgIpc) is 2.95. The van der Waals surface area contributed by atoms with Gasteiger partial charge >= 0.3 is 6.18 Å². The third kappa shape index (κ3) is 1.93. The third-order valence-corrected chi connectivity index (χ3v) is 4.28. The molecule has 1 aromatic heterocycles. The Morgan fingerprint density at radius 2 is 2.05 bits per heavy atom. The van der Waals surface area contributed by atoms with Crippen LogP contribution in [0, 0.1) is 5.82 Å². The van der Waals surface area contributed by atoms with Crippen molar-refractivity contribution in [2.24, 2.45) is 0 Å². The summed E-state index contributed by atoms with van der Waals surface area (Å²) in [6.45, 7) is 0.0502. The molecule has 8 heteroatoms. The number of aromatic amines is 1. The lowest BCUT2D eigenvalue weighted by Crippen LogP contribution is -2.45. The van der Waals surface area contributed by atoms with Gasteiger partial charge < -0.3 is 10.3 Å². The zero-order chi connectivity index (χ0) is 14.5. The fourth-order valence-electron chi connectivity index (χ4n) is 2.50. The number of hydrogen-bond acceptors (Lipinski definition) is 2. The second kappa shape index (κ2) is 4.42. The molecule has 0 radical (unpaired) electrons. The molecule has 20 heavy (non-hydrogen) atoms. The van der Waals surface area contributed by atoms with Crippen molar-refractivity contribution >= 4 is 27.0 Å². The number of aromatic nitrogens is 2. The standard InChI is InChI=1S/C12H10BrF4N3/c13-6-3-8-9(4-7(6)14)20-10(19-8)11(12(15,16)17)1-2-18-5-11/h3-4,18H,1-2,5H2,(H,19,20). The largest absolute Gasteiger partial charge is 0.402 e. The predicted molar refractivity (Wildman–Crippen MR) is 69.0 cm³/mol. The van der Waals surface area contributed by atoms with E-state index in [0.717, 1.165) is 6.07 Å². The summed E-state index contributed by atoms with van der Waals surface area (Å²) >= 11 is 3.00. The van der Waals surface area contributed by atoms with Crippen molar-refractivity contribution in [2.45, 2.75) is 18.0 Å². The molecule has 108 valence electrons. The Balaban J connectivity index is 2.18. The smallest absolute Gasteiger partial charge is 0.341 e. The molecule has 3 rings (SSSR count). The van der Waals surface area contributed by atoms with E-state index in [1.54, 1.807) is 0 Å². The minimum Gasteiger partial charge on any atom is -0.341 e. The van der Waals surface area contributed by atoms with Gasteiger partial charge in [-0.25, -0.2) is 9.37 Å². The van der Waals surface area contributed by atoms with E-state index in [1.165, 1.54) is 6.07 Å². The van der Waals surface area contributed by atoms with Gasteiger partial charge in [-0.15, -0.1) is 0 Å². The SMILES string of the molecule is Fc1cc2[nH]c(C3(C(F)(F)F)CCNC3)nc2cc1Br. The summed E-state index contributed by atoms with van der Waals surface area (Å²) in [7, 11) is 0. The molecule has 1 aliphatic heterocycles. The van der Waals surface area contributed by atoms with E-state index < -0.39 is 17.4 Å². The van der Waals surface area contributed by atoms with Crippen LogP contribution in [0.3, 0.4) is 0 Å². The summed E-state index contributed by atoms with van der Waals surface area (Å²) in [6, 6.07) is 2.51. The van der Waals surface area contributed by atoms with Gasteiger partial charge in [0.1, 0.15) is 17.1 Å². The topological polar surface area (TPSA) is 40.7 Å². The molecule has 1 saturated heterocycles. The zero-order valence-electron chi connectivity index (χ0n) is 10.1. The van der Waals surface area contributed by atoms with Gasteiger partial charge in [0, 0.05) is 12.6 Å². The number of rotatable bonds is 1. The predicted octanol–water partition coefficient (Wildman–Crippen LogP) is 3.26. The molecular formula is C12H10BrF4N3. The Hall–Kier alpha value is -1.15.